The Balaban J connectivity index is 0.000000149. The van der Waals surface area contributed by atoms with Crippen LogP contribution >= 0.6 is 0 Å². The van der Waals surface area contributed by atoms with Crippen molar-refractivity contribution < 1.29 is 74.5 Å². The molecule has 6 aliphatic rings. The number of aliphatic carboxylic acids is 1. The van der Waals surface area contributed by atoms with Gasteiger partial charge in [0.15, 0.2) is 18.1 Å². The number of aliphatic hydroxyl groups excluding tert-OH is 1. The number of nitrogens with zero attached hydrogens (tertiary/aromatic N) is 1. The van der Waals surface area contributed by atoms with Gasteiger partial charge in [0, 0.05) is 42.3 Å². The number of carbonyl (C=O) groups excluding carboxylic acids is 3. The van der Waals surface area contributed by atoms with Gasteiger partial charge >= 0.3 is 23.9 Å². The molecule has 49 heavy (non-hydrogen) atoms. The maximum atomic E-state index is 11.4. The fourth-order valence-electron chi connectivity index (χ4n) is 7.13. The van der Waals surface area contributed by atoms with Crippen molar-refractivity contribution in [1.82, 2.24) is 4.98 Å². The van der Waals surface area contributed by atoms with E-state index in [9.17, 15) is 45.7 Å². The lowest BCUT2D eigenvalue weighted by Crippen LogP contribution is -2.37. The lowest BCUT2D eigenvalue weighted by molar-refractivity contribution is -0.378. The molecule has 4 heterocycles. The number of nitrogens with one attached hydrogen (secondary N) is 1. The van der Waals surface area contributed by atoms with Crippen molar-refractivity contribution in [3.05, 3.63) is 61.2 Å². The normalized spacial score (nSPS) is 32.0. The molecule has 4 aliphatic carbocycles. The number of hydrogen-bond donors (Lipinski definition) is 3. The van der Waals surface area contributed by atoms with Gasteiger partial charge in [-0.15, -0.1) is 0 Å². The molecule has 4 N–H and O–H groups in total. The molecule has 6 fully saturated rings. The molecular weight excluding hydrogens is 692 g/mol. The van der Waals surface area contributed by atoms with E-state index in [0.29, 0.717) is 18.3 Å². The Morgan fingerprint density at radius 1 is 0.837 bits per heavy atom. The number of hydrogen-bond acceptors (Lipinski definition) is 14. The SMILES string of the molecule is O=C(CS(=O)(=O)[O-])OC1C2CC3C(=O)OC1C3C2.O=C(O)CS(=O)(=O)O.O=C1OC2C(O)C3CC1C2C3.c1cc[nH+]cc1.c1ccncc1. The maximum absolute atomic E-state index is 11.4. The molecule has 4 bridgehead atoms. The van der Waals surface area contributed by atoms with Gasteiger partial charge in [-0.25, -0.2) is 13.4 Å². The summed E-state index contributed by atoms with van der Waals surface area (Å²) < 4.78 is 73.6. The van der Waals surface area contributed by atoms with Crippen LogP contribution in [0.1, 0.15) is 25.7 Å². The zero-order valence-corrected chi connectivity index (χ0v) is 27.4. The molecule has 0 radical (unpaired) electrons. The lowest BCUT2D eigenvalue weighted by atomic mass is 9.88. The molecule has 0 aromatic carbocycles. The molecule has 4 saturated carbocycles. The molecule has 10 atom stereocenters. The number of aromatic amines is 1. The number of pyridine rings is 2. The summed E-state index contributed by atoms with van der Waals surface area (Å²) in [6.45, 7) is 0. The van der Waals surface area contributed by atoms with Crippen molar-refractivity contribution in [3.63, 3.8) is 0 Å². The number of fused-ring (bicyclic) bond motifs is 2. The highest BCUT2D eigenvalue weighted by atomic mass is 32.2. The molecule has 268 valence electrons. The molecule has 8 rings (SSSR count). The topological polar surface area (TPSA) is 275 Å². The van der Waals surface area contributed by atoms with Crippen LogP contribution in [-0.2, 0) is 53.6 Å². The second kappa shape index (κ2) is 16.1. The smallest absolute Gasteiger partial charge is 0.321 e. The summed E-state index contributed by atoms with van der Waals surface area (Å²) in [5.41, 5.74) is 0. The molecule has 19 heteroatoms. The maximum Gasteiger partial charge on any atom is 0.321 e. The largest absolute Gasteiger partial charge is 0.748 e. The molecule has 2 saturated heterocycles. The van der Waals surface area contributed by atoms with E-state index in [-0.39, 0.29) is 47.8 Å². The van der Waals surface area contributed by atoms with Crippen LogP contribution in [0.15, 0.2) is 61.2 Å². The van der Waals surface area contributed by atoms with Crippen LogP contribution in [0.5, 0.6) is 0 Å². The molecule has 2 aliphatic heterocycles. The second-order valence-corrected chi connectivity index (χ2v) is 15.0. The average molecular weight is 729 g/mol. The van der Waals surface area contributed by atoms with Gasteiger partial charge in [0.1, 0.15) is 34.2 Å². The van der Waals surface area contributed by atoms with Crippen molar-refractivity contribution in [1.29, 1.82) is 0 Å². The monoisotopic (exact) mass is 728 g/mol. The van der Waals surface area contributed by atoms with E-state index in [1.54, 1.807) is 12.4 Å². The van der Waals surface area contributed by atoms with Crippen LogP contribution in [-0.4, -0.2) is 101 Å². The van der Waals surface area contributed by atoms with Crippen molar-refractivity contribution in [3.8, 4) is 0 Å². The van der Waals surface area contributed by atoms with Gasteiger partial charge in [0.25, 0.3) is 10.1 Å². The van der Waals surface area contributed by atoms with Gasteiger partial charge in [0.2, 0.25) is 0 Å². The minimum absolute atomic E-state index is 0.0368. The van der Waals surface area contributed by atoms with E-state index in [0.717, 1.165) is 19.3 Å². The molecule has 10 unspecified atom stereocenters. The van der Waals surface area contributed by atoms with Crippen LogP contribution in [0.3, 0.4) is 0 Å². The Morgan fingerprint density at radius 3 is 1.76 bits per heavy atom. The summed E-state index contributed by atoms with van der Waals surface area (Å²) in [6, 6.07) is 11.6. The number of H-pyrrole nitrogens is 1. The van der Waals surface area contributed by atoms with Crippen LogP contribution < -0.4 is 4.98 Å². The predicted molar refractivity (Wildman–Crippen MR) is 161 cm³/mol. The molecule has 0 spiro atoms. The number of carbonyl (C=O) groups is 4. The zero-order valence-electron chi connectivity index (χ0n) is 25.8. The summed E-state index contributed by atoms with van der Waals surface area (Å²) in [7, 11) is -8.96. The third kappa shape index (κ3) is 10.5. The molecule has 2 aromatic heterocycles. The lowest BCUT2D eigenvalue weighted by Gasteiger charge is -2.25. The molecule has 0 amide bonds. The third-order valence-corrected chi connectivity index (χ3v) is 10.1. The second-order valence-electron chi connectivity index (χ2n) is 12.2. The minimum Gasteiger partial charge on any atom is -0.748 e. The highest BCUT2D eigenvalue weighted by molar-refractivity contribution is 7.86. The third-order valence-electron chi connectivity index (χ3n) is 8.90. The minimum atomic E-state index is -4.63. The van der Waals surface area contributed by atoms with E-state index in [4.69, 9.17) is 23.9 Å². The quantitative estimate of drug-likeness (QED) is 0.199. The standard InChI is InChI=1S/C10H12O7S.C8H10O3.2C5H5N.C2H4O5S/c11-7(3-18(13,14)15)16-8-4-1-5-6(2-4)10(12)17-9(5)8;9-6-3-1-4-5(2-3)8(10)11-7(4)6;2*1-2-4-6-5-3-1;3-2(4)1-8(5,6)7/h4-6,8-9H,1-3H2,(H,13,14,15);3-7,9H,1-2H2;2*1-5H;1H2,(H,3,4)(H,5,6,7). The average Bonchev–Trinajstić information content (AvgIpc) is 3.84. The Labute approximate surface area is 281 Å². The first-order valence-electron chi connectivity index (χ1n) is 15.2. The summed E-state index contributed by atoms with van der Waals surface area (Å²) in [6.07, 6.45) is 8.93. The summed E-state index contributed by atoms with van der Waals surface area (Å²) in [5.74, 6) is -4.52. The highest BCUT2D eigenvalue weighted by Gasteiger charge is 2.63. The Bertz CT molecular complexity index is 1590. The highest BCUT2D eigenvalue weighted by Crippen LogP contribution is 2.56. The molecule has 17 nitrogen and oxygen atoms in total. The van der Waals surface area contributed by atoms with E-state index in [1.165, 1.54) is 0 Å². The predicted octanol–water partition coefficient (Wildman–Crippen LogP) is -0.505. The first-order chi connectivity index (χ1) is 23.0. The van der Waals surface area contributed by atoms with Crippen molar-refractivity contribution in [2.45, 2.75) is 50.1 Å². The van der Waals surface area contributed by atoms with Gasteiger partial charge in [-0.2, -0.15) is 8.42 Å². The number of carboxylic acid groups (broad SMARTS) is 1. The van der Waals surface area contributed by atoms with Crippen LogP contribution in [0.4, 0.5) is 0 Å². The van der Waals surface area contributed by atoms with Gasteiger partial charge < -0.3 is 29.0 Å². The Kier molecular flexibility index (Phi) is 12.4. The van der Waals surface area contributed by atoms with Gasteiger partial charge in [-0.1, -0.05) is 12.1 Å². The molecule has 2 aromatic rings. The van der Waals surface area contributed by atoms with E-state index >= 15 is 0 Å². The summed E-state index contributed by atoms with van der Waals surface area (Å²) >= 11 is 0. The summed E-state index contributed by atoms with van der Waals surface area (Å²) in [5, 5.41) is 17.3. The Morgan fingerprint density at radius 2 is 1.37 bits per heavy atom. The van der Waals surface area contributed by atoms with Crippen molar-refractivity contribution >= 4 is 44.1 Å². The summed E-state index contributed by atoms with van der Waals surface area (Å²) in [4.78, 5) is 50.0. The number of ether oxygens (including phenoxy) is 3. The van der Waals surface area contributed by atoms with Gasteiger partial charge in [-0.05, 0) is 43.7 Å². The van der Waals surface area contributed by atoms with Crippen LogP contribution in [0.2, 0.25) is 0 Å². The molecular formula is C30H36N2O15S2. The van der Waals surface area contributed by atoms with Crippen LogP contribution in [0, 0.1) is 35.5 Å². The van der Waals surface area contributed by atoms with E-state index < -0.39 is 55.9 Å². The fraction of sp³-hybridized carbons (Fsp3) is 0.533. The van der Waals surface area contributed by atoms with Crippen LogP contribution in [0.25, 0.3) is 0 Å². The number of carboxylic acids is 1. The Hall–Kier alpha value is -4.04. The van der Waals surface area contributed by atoms with E-state index in [1.807, 2.05) is 48.8 Å². The zero-order chi connectivity index (χ0) is 35.9. The van der Waals surface area contributed by atoms with Crippen molar-refractivity contribution in [2.24, 2.45) is 35.5 Å². The fourth-order valence-corrected chi connectivity index (χ4v) is 7.80. The van der Waals surface area contributed by atoms with E-state index in [2.05, 4.69) is 9.97 Å². The number of aromatic nitrogens is 2. The first kappa shape index (κ1) is 37.8. The number of rotatable bonds is 5. The number of aliphatic hydroxyl groups is 1. The van der Waals surface area contributed by atoms with Crippen molar-refractivity contribution in [2.75, 3.05) is 11.5 Å². The van der Waals surface area contributed by atoms with Gasteiger partial charge in [0.05, 0.1) is 17.9 Å². The van der Waals surface area contributed by atoms with Gasteiger partial charge in [-0.3, -0.25) is 28.7 Å². The first-order valence-corrected chi connectivity index (χ1v) is 18.4. The number of esters is 3.